The van der Waals surface area contributed by atoms with E-state index in [1.807, 2.05) is 35.8 Å². The van der Waals surface area contributed by atoms with E-state index in [2.05, 4.69) is 4.98 Å². The molecule has 0 radical (unpaired) electrons. The summed E-state index contributed by atoms with van der Waals surface area (Å²) in [5.41, 5.74) is 10.0. The first-order valence-corrected chi connectivity index (χ1v) is 8.85. The highest BCUT2D eigenvalue weighted by atomic mass is 19.2. The number of nitrogens with zero attached hydrogens (tertiary/aromatic N) is 2. The van der Waals surface area contributed by atoms with E-state index in [0.717, 1.165) is 28.4 Å². The number of nitrogens with two attached hydrogens (primary N) is 1. The summed E-state index contributed by atoms with van der Waals surface area (Å²) < 4.78 is 35.4. The predicted octanol–water partition coefficient (Wildman–Crippen LogP) is 5.00. The van der Waals surface area contributed by atoms with Crippen LogP contribution in [-0.2, 0) is 0 Å². The predicted molar refractivity (Wildman–Crippen MR) is 106 cm³/mol. The highest BCUT2D eigenvalue weighted by Gasteiger charge is 2.17. The summed E-state index contributed by atoms with van der Waals surface area (Å²) >= 11 is 0. The molecule has 1 atom stereocenters. The number of benzene rings is 3. The van der Waals surface area contributed by atoms with E-state index in [1.165, 1.54) is 13.2 Å². The van der Waals surface area contributed by atoms with Crippen molar-refractivity contribution in [3.05, 3.63) is 78.1 Å². The van der Waals surface area contributed by atoms with E-state index >= 15 is 0 Å². The number of hydrogen-bond acceptors (Lipinski definition) is 3. The van der Waals surface area contributed by atoms with E-state index in [0.29, 0.717) is 5.56 Å². The first-order valence-electron chi connectivity index (χ1n) is 8.85. The van der Waals surface area contributed by atoms with Gasteiger partial charge in [-0.15, -0.1) is 0 Å². The summed E-state index contributed by atoms with van der Waals surface area (Å²) in [7, 11) is 1.43. The van der Waals surface area contributed by atoms with Crippen LogP contribution in [0.25, 0.3) is 27.8 Å². The number of hydrogen-bond donors (Lipinski definition) is 1. The van der Waals surface area contributed by atoms with Crippen LogP contribution in [0.5, 0.6) is 5.75 Å². The topological polar surface area (TPSA) is 53.1 Å². The minimum Gasteiger partial charge on any atom is -0.496 e. The molecule has 1 aromatic heterocycles. The van der Waals surface area contributed by atoms with Gasteiger partial charge in [-0.1, -0.05) is 18.2 Å². The molecule has 0 aliphatic heterocycles. The zero-order valence-electron chi connectivity index (χ0n) is 15.5. The molecule has 0 saturated heterocycles. The number of ether oxygens (including phenoxy) is 1. The Morgan fingerprint density at radius 1 is 1.07 bits per heavy atom. The van der Waals surface area contributed by atoms with Crippen molar-refractivity contribution in [2.75, 3.05) is 7.11 Å². The lowest BCUT2D eigenvalue weighted by atomic mass is 10.0. The van der Waals surface area contributed by atoms with Gasteiger partial charge in [0, 0.05) is 11.7 Å². The van der Waals surface area contributed by atoms with Crippen molar-refractivity contribution in [3.8, 4) is 22.6 Å². The molecule has 6 heteroatoms. The maximum Gasteiger partial charge on any atom is 0.170 e. The Morgan fingerprint density at radius 2 is 1.89 bits per heavy atom. The maximum atomic E-state index is 14.5. The Morgan fingerprint density at radius 3 is 2.64 bits per heavy atom. The molecular weight excluding hydrogens is 360 g/mol. The van der Waals surface area contributed by atoms with Crippen LogP contribution in [0.1, 0.15) is 18.5 Å². The fraction of sp³-hybridized carbons (Fsp3) is 0.136. The average Bonchev–Trinajstić information content (AvgIpc) is 3.13. The van der Waals surface area contributed by atoms with Gasteiger partial charge in [-0.25, -0.2) is 13.8 Å². The summed E-state index contributed by atoms with van der Waals surface area (Å²) in [6.07, 6.45) is 1.70. The molecule has 4 nitrogen and oxygen atoms in total. The largest absolute Gasteiger partial charge is 0.496 e. The number of methoxy groups -OCH3 is 1. The van der Waals surface area contributed by atoms with Gasteiger partial charge in [0.15, 0.2) is 11.6 Å². The van der Waals surface area contributed by atoms with Gasteiger partial charge in [-0.05, 0) is 54.4 Å². The van der Waals surface area contributed by atoms with Crippen molar-refractivity contribution in [2.24, 2.45) is 5.73 Å². The zero-order valence-corrected chi connectivity index (χ0v) is 15.5. The van der Waals surface area contributed by atoms with Gasteiger partial charge in [0.05, 0.1) is 23.7 Å². The third-order valence-corrected chi connectivity index (χ3v) is 4.79. The Hall–Kier alpha value is -3.25. The van der Waals surface area contributed by atoms with Crippen molar-refractivity contribution >= 4 is 11.0 Å². The van der Waals surface area contributed by atoms with E-state index < -0.39 is 11.6 Å². The molecule has 0 bridgehead atoms. The first kappa shape index (κ1) is 18.1. The molecule has 0 saturated carbocycles. The smallest absolute Gasteiger partial charge is 0.170 e. The molecule has 4 aromatic rings. The lowest BCUT2D eigenvalue weighted by molar-refractivity contribution is 0.409. The van der Waals surface area contributed by atoms with Crippen molar-refractivity contribution in [1.29, 1.82) is 0 Å². The van der Waals surface area contributed by atoms with Crippen LogP contribution in [0.3, 0.4) is 0 Å². The third-order valence-electron chi connectivity index (χ3n) is 4.79. The van der Waals surface area contributed by atoms with Gasteiger partial charge in [-0.3, -0.25) is 4.57 Å². The number of aromatic nitrogens is 2. The number of rotatable bonds is 4. The lowest BCUT2D eigenvalue weighted by Gasteiger charge is -2.12. The monoisotopic (exact) mass is 379 g/mol. The van der Waals surface area contributed by atoms with Crippen LogP contribution in [0.15, 0.2) is 60.9 Å². The van der Waals surface area contributed by atoms with Crippen LogP contribution >= 0.6 is 0 Å². The summed E-state index contributed by atoms with van der Waals surface area (Å²) in [5.74, 6) is -1.58. The van der Waals surface area contributed by atoms with Gasteiger partial charge in [-0.2, -0.15) is 0 Å². The number of fused-ring (bicyclic) bond motifs is 1. The molecule has 4 rings (SSSR count). The normalized spacial score (nSPS) is 12.3. The minimum absolute atomic E-state index is 0.0821. The Bertz CT molecular complexity index is 1170. The molecule has 0 aliphatic carbocycles. The van der Waals surface area contributed by atoms with Gasteiger partial charge >= 0.3 is 0 Å². The molecule has 0 unspecified atom stereocenters. The van der Waals surface area contributed by atoms with E-state index in [4.69, 9.17) is 10.5 Å². The molecule has 1 heterocycles. The summed E-state index contributed by atoms with van der Waals surface area (Å²) in [6.45, 7) is 1.92. The maximum absolute atomic E-state index is 14.5. The minimum atomic E-state index is -0.937. The van der Waals surface area contributed by atoms with Gasteiger partial charge in [0.25, 0.3) is 0 Å². The fourth-order valence-corrected chi connectivity index (χ4v) is 3.30. The molecule has 0 spiro atoms. The molecule has 3 aromatic carbocycles. The van der Waals surface area contributed by atoms with Crippen molar-refractivity contribution in [2.45, 2.75) is 13.0 Å². The van der Waals surface area contributed by atoms with Crippen LogP contribution < -0.4 is 10.5 Å². The average molecular weight is 379 g/mol. The van der Waals surface area contributed by atoms with Crippen LogP contribution in [-0.4, -0.2) is 16.7 Å². The molecule has 142 valence electrons. The van der Waals surface area contributed by atoms with Gasteiger partial charge in [0.2, 0.25) is 0 Å². The van der Waals surface area contributed by atoms with E-state index in [-0.39, 0.29) is 17.4 Å². The van der Waals surface area contributed by atoms with Crippen molar-refractivity contribution < 1.29 is 13.5 Å². The second-order valence-corrected chi connectivity index (χ2v) is 6.64. The standard InChI is InChI=1S/C22H19F2N3O/c1-13(25)14-6-8-19-18(11-14)26-12-27(19)16-5-3-4-15(10-16)21-20(28-2)9-7-17(23)22(21)24/h3-13H,25H2,1-2H3/t13-/m0/s1. The second kappa shape index (κ2) is 7.05. The molecule has 2 N–H and O–H groups in total. The van der Waals surface area contributed by atoms with Gasteiger partial charge < -0.3 is 10.5 Å². The number of halogens is 2. The van der Waals surface area contributed by atoms with Crippen molar-refractivity contribution in [1.82, 2.24) is 9.55 Å². The van der Waals surface area contributed by atoms with Crippen molar-refractivity contribution in [3.63, 3.8) is 0 Å². The summed E-state index contributed by atoms with van der Waals surface area (Å²) in [5, 5.41) is 0. The fourth-order valence-electron chi connectivity index (χ4n) is 3.30. The third kappa shape index (κ3) is 3.01. The SMILES string of the molecule is COc1ccc(F)c(F)c1-c1cccc(-n2cnc3cc([C@H](C)N)ccc32)c1. The molecule has 28 heavy (non-hydrogen) atoms. The molecular formula is C22H19F2N3O. The first-order chi connectivity index (χ1) is 13.5. The molecule has 0 amide bonds. The summed E-state index contributed by atoms with van der Waals surface area (Å²) in [4.78, 5) is 4.45. The quantitative estimate of drug-likeness (QED) is 0.543. The summed E-state index contributed by atoms with van der Waals surface area (Å²) in [6, 6.07) is 15.4. The lowest BCUT2D eigenvalue weighted by Crippen LogP contribution is -2.04. The second-order valence-electron chi connectivity index (χ2n) is 6.64. The Kier molecular flexibility index (Phi) is 4.57. The van der Waals surface area contributed by atoms with Crippen LogP contribution in [0.2, 0.25) is 0 Å². The Balaban J connectivity index is 1.85. The van der Waals surface area contributed by atoms with E-state index in [1.54, 1.807) is 24.5 Å². The van der Waals surface area contributed by atoms with Crippen LogP contribution in [0, 0.1) is 11.6 Å². The highest BCUT2D eigenvalue weighted by Crippen LogP contribution is 2.35. The highest BCUT2D eigenvalue weighted by molar-refractivity contribution is 5.79. The zero-order chi connectivity index (χ0) is 19.8. The van der Waals surface area contributed by atoms with Crippen LogP contribution in [0.4, 0.5) is 8.78 Å². The molecule has 0 aliphatic rings. The molecule has 0 fully saturated rings. The van der Waals surface area contributed by atoms with E-state index in [9.17, 15) is 8.78 Å². The Labute approximate surface area is 161 Å². The van der Waals surface area contributed by atoms with Gasteiger partial charge in [0.1, 0.15) is 12.1 Å². The number of imidazole rings is 1.